The lowest BCUT2D eigenvalue weighted by atomic mass is 9.77. The summed E-state index contributed by atoms with van der Waals surface area (Å²) in [5, 5.41) is 11.5. The minimum Gasteiger partial charge on any atom is -0.481 e. The molecule has 1 amide bonds. The fraction of sp³-hybridized carbons (Fsp3) is 0.357. The van der Waals surface area contributed by atoms with Crippen molar-refractivity contribution in [2.45, 2.75) is 36.4 Å². The molecule has 7 nitrogen and oxygen atoms in total. The Balaban J connectivity index is 1.19. The average Bonchev–Trinajstić information content (AvgIpc) is 3.20. The Morgan fingerprint density at radius 1 is 1.03 bits per heavy atom. The summed E-state index contributed by atoms with van der Waals surface area (Å²) in [5.74, 6) is 0.506. The first-order valence-corrected chi connectivity index (χ1v) is 12.0. The van der Waals surface area contributed by atoms with Crippen LogP contribution in [0.15, 0.2) is 66.9 Å². The maximum absolute atomic E-state index is 13.4. The number of piperidine rings is 1. The number of hydrogen-bond donors (Lipinski definition) is 1. The molecule has 3 heterocycles. The molecule has 3 aromatic rings. The minimum absolute atomic E-state index is 0.00883. The number of rotatable bonds is 4. The third kappa shape index (κ3) is 3.75. The summed E-state index contributed by atoms with van der Waals surface area (Å²) in [4.78, 5) is 19.4. The molecule has 2 aliphatic heterocycles. The molecule has 6 rings (SSSR count). The zero-order chi connectivity index (χ0) is 24.0. The highest BCUT2D eigenvalue weighted by molar-refractivity contribution is 5.79. The molecule has 0 spiro atoms. The van der Waals surface area contributed by atoms with Crippen molar-refractivity contribution in [3.8, 4) is 17.0 Å². The average molecular weight is 473 g/mol. The van der Waals surface area contributed by atoms with Gasteiger partial charge in [-0.1, -0.05) is 48.5 Å². The standard InChI is InChI=1S/C28H28N2O5/c1-33-26-11-10-18(14-29-26)28(32)12-19-15-34-16-20(13-28)30(19)27(31)35-17-25-23-8-4-2-6-21(23)22-7-3-5-9-24(22)25/h2-11,14,19-20,25,32H,12-13,15-17H2,1H3. The van der Waals surface area contributed by atoms with Gasteiger partial charge in [-0.05, 0) is 28.3 Å². The van der Waals surface area contributed by atoms with E-state index in [2.05, 4.69) is 29.2 Å². The number of aliphatic hydroxyl groups is 1. The van der Waals surface area contributed by atoms with E-state index < -0.39 is 5.60 Å². The maximum Gasteiger partial charge on any atom is 0.410 e. The molecule has 7 heteroatoms. The number of carbonyl (C=O) groups is 1. The quantitative estimate of drug-likeness (QED) is 0.616. The number of nitrogens with zero attached hydrogens (tertiary/aromatic N) is 2. The zero-order valence-corrected chi connectivity index (χ0v) is 19.6. The van der Waals surface area contributed by atoms with Gasteiger partial charge in [0, 0.05) is 36.6 Å². The Morgan fingerprint density at radius 3 is 2.23 bits per heavy atom. The number of morpholine rings is 1. The van der Waals surface area contributed by atoms with Crippen LogP contribution in [0.2, 0.25) is 0 Å². The third-order valence-electron chi connectivity index (χ3n) is 7.58. The molecule has 1 N–H and O–H groups in total. The molecule has 2 saturated heterocycles. The van der Waals surface area contributed by atoms with Gasteiger partial charge in [0.25, 0.3) is 0 Å². The molecule has 2 fully saturated rings. The van der Waals surface area contributed by atoms with Gasteiger partial charge in [0.1, 0.15) is 6.61 Å². The SMILES string of the molecule is COc1ccc(C2(O)CC3COCC(C2)N3C(=O)OCC2c3ccccc3-c3ccccc32)cn1. The molecular weight excluding hydrogens is 444 g/mol. The van der Waals surface area contributed by atoms with E-state index >= 15 is 0 Å². The van der Waals surface area contributed by atoms with E-state index in [4.69, 9.17) is 14.2 Å². The molecule has 180 valence electrons. The highest BCUT2D eigenvalue weighted by atomic mass is 16.6. The van der Waals surface area contributed by atoms with Crippen LogP contribution < -0.4 is 4.74 Å². The van der Waals surface area contributed by atoms with Gasteiger partial charge < -0.3 is 19.3 Å². The second kappa shape index (κ2) is 8.66. The Morgan fingerprint density at radius 2 is 1.66 bits per heavy atom. The molecule has 2 unspecified atom stereocenters. The molecular formula is C28H28N2O5. The van der Waals surface area contributed by atoms with Gasteiger partial charge in [-0.3, -0.25) is 4.90 Å². The molecule has 2 bridgehead atoms. The lowest BCUT2D eigenvalue weighted by Crippen LogP contribution is -2.62. The number of methoxy groups -OCH3 is 1. The predicted octanol–water partition coefficient (Wildman–Crippen LogP) is 4.09. The van der Waals surface area contributed by atoms with Crippen LogP contribution in [0.25, 0.3) is 11.1 Å². The maximum atomic E-state index is 13.4. The molecule has 2 aromatic carbocycles. The second-order valence-electron chi connectivity index (χ2n) is 9.59. The summed E-state index contributed by atoms with van der Waals surface area (Å²) in [6.07, 6.45) is 2.03. The van der Waals surface area contributed by atoms with Gasteiger partial charge in [0.05, 0.1) is 38.0 Å². The van der Waals surface area contributed by atoms with Crippen molar-refractivity contribution in [2.75, 3.05) is 26.9 Å². The fourth-order valence-corrected chi connectivity index (χ4v) is 5.96. The number of aromatic nitrogens is 1. The lowest BCUT2D eigenvalue weighted by Gasteiger charge is -2.50. The Kier molecular flexibility index (Phi) is 5.46. The third-order valence-corrected chi connectivity index (χ3v) is 7.58. The number of pyridine rings is 1. The molecule has 3 aliphatic rings. The summed E-state index contributed by atoms with van der Waals surface area (Å²) in [6, 6.07) is 19.6. The Bertz CT molecular complexity index is 1180. The summed E-state index contributed by atoms with van der Waals surface area (Å²) in [7, 11) is 1.56. The minimum atomic E-state index is -1.08. The lowest BCUT2D eigenvalue weighted by molar-refractivity contribution is -0.136. The number of hydrogen-bond acceptors (Lipinski definition) is 6. The van der Waals surface area contributed by atoms with E-state index in [-0.39, 0.29) is 30.7 Å². The first kappa shape index (κ1) is 22.1. The molecule has 0 saturated carbocycles. The first-order valence-electron chi connectivity index (χ1n) is 12.0. The number of carbonyl (C=O) groups excluding carboxylic acids is 1. The number of amides is 1. The fourth-order valence-electron chi connectivity index (χ4n) is 5.96. The summed E-state index contributed by atoms with van der Waals surface area (Å²) in [5.41, 5.74) is 4.41. The monoisotopic (exact) mass is 472 g/mol. The van der Waals surface area contributed by atoms with Crippen LogP contribution in [0.3, 0.4) is 0 Å². The molecule has 1 aliphatic carbocycles. The van der Waals surface area contributed by atoms with E-state index in [0.717, 1.165) is 5.56 Å². The van der Waals surface area contributed by atoms with Crippen LogP contribution in [0.1, 0.15) is 35.4 Å². The van der Waals surface area contributed by atoms with E-state index in [0.29, 0.717) is 31.9 Å². The van der Waals surface area contributed by atoms with Crippen LogP contribution in [-0.4, -0.2) is 60.1 Å². The van der Waals surface area contributed by atoms with Crippen LogP contribution in [0.4, 0.5) is 4.79 Å². The van der Waals surface area contributed by atoms with Crippen molar-refractivity contribution in [2.24, 2.45) is 0 Å². The van der Waals surface area contributed by atoms with Crippen molar-refractivity contribution in [1.29, 1.82) is 0 Å². The number of ether oxygens (including phenoxy) is 3. The molecule has 0 radical (unpaired) electrons. The highest BCUT2D eigenvalue weighted by Gasteiger charge is 2.49. The van der Waals surface area contributed by atoms with Gasteiger partial charge in [-0.2, -0.15) is 0 Å². The van der Waals surface area contributed by atoms with E-state index in [9.17, 15) is 9.90 Å². The summed E-state index contributed by atoms with van der Waals surface area (Å²) >= 11 is 0. The smallest absolute Gasteiger partial charge is 0.410 e. The van der Waals surface area contributed by atoms with E-state index in [1.165, 1.54) is 22.3 Å². The van der Waals surface area contributed by atoms with Crippen LogP contribution in [0.5, 0.6) is 5.88 Å². The van der Waals surface area contributed by atoms with Crippen molar-refractivity contribution < 1.29 is 24.1 Å². The largest absolute Gasteiger partial charge is 0.481 e. The topological polar surface area (TPSA) is 81.1 Å². The summed E-state index contributed by atoms with van der Waals surface area (Å²) < 4.78 is 16.8. The van der Waals surface area contributed by atoms with Gasteiger partial charge in [0.2, 0.25) is 5.88 Å². The molecule has 1 aromatic heterocycles. The number of fused-ring (bicyclic) bond motifs is 5. The Labute approximate surface area is 204 Å². The van der Waals surface area contributed by atoms with Crippen LogP contribution >= 0.6 is 0 Å². The van der Waals surface area contributed by atoms with E-state index in [1.807, 2.05) is 30.3 Å². The molecule has 35 heavy (non-hydrogen) atoms. The first-order chi connectivity index (χ1) is 17.1. The van der Waals surface area contributed by atoms with Crippen LogP contribution in [-0.2, 0) is 15.1 Å². The Hall–Kier alpha value is -3.42. The van der Waals surface area contributed by atoms with Gasteiger partial charge >= 0.3 is 6.09 Å². The molecule has 2 atom stereocenters. The van der Waals surface area contributed by atoms with Crippen molar-refractivity contribution >= 4 is 6.09 Å². The van der Waals surface area contributed by atoms with E-state index in [1.54, 1.807) is 24.3 Å². The zero-order valence-electron chi connectivity index (χ0n) is 19.6. The summed E-state index contributed by atoms with van der Waals surface area (Å²) in [6.45, 7) is 1.01. The van der Waals surface area contributed by atoms with Crippen LogP contribution in [0, 0.1) is 0 Å². The predicted molar refractivity (Wildman–Crippen MR) is 129 cm³/mol. The van der Waals surface area contributed by atoms with Crippen molar-refractivity contribution in [3.05, 3.63) is 83.6 Å². The van der Waals surface area contributed by atoms with Gasteiger partial charge in [-0.25, -0.2) is 9.78 Å². The number of benzene rings is 2. The van der Waals surface area contributed by atoms with Gasteiger partial charge in [0.15, 0.2) is 0 Å². The second-order valence-corrected chi connectivity index (χ2v) is 9.59. The van der Waals surface area contributed by atoms with Crippen molar-refractivity contribution in [1.82, 2.24) is 9.88 Å². The normalized spacial score (nSPS) is 25.0. The van der Waals surface area contributed by atoms with Crippen molar-refractivity contribution in [3.63, 3.8) is 0 Å². The highest BCUT2D eigenvalue weighted by Crippen LogP contribution is 2.45. The van der Waals surface area contributed by atoms with Gasteiger partial charge in [-0.15, -0.1) is 0 Å².